The zero-order chi connectivity index (χ0) is 25.6. The summed E-state index contributed by atoms with van der Waals surface area (Å²) in [5.41, 5.74) is 2.85. The van der Waals surface area contributed by atoms with Crippen LogP contribution in [0.4, 0.5) is 24.9 Å². The van der Waals surface area contributed by atoms with Crippen LogP contribution in [0.1, 0.15) is 48.3 Å². The number of rotatable bonds is 6. The quantitative estimate of drug-likeness (QED) is 0.561. The fourth-order valence-electron chi connectivity index (χ4n) is 3.50. The van der Waals surface area contributed by atoms with Gasteiger partial charge in [0.25, 0.3) is 5.91 Å². The van der Waals surface area contributed by atoms with Crippen molar-refractivity contribution in [1.29, 1.82) is 0 Å². The summed E-state index contributed by atoms with van der Waals surface area (Å²) in [5.74, 6) is -0.700. The number of carboxylic acids is 1. The minimum atomic E-state index is -5.08. The number of carbonyl (C=O) groups is 2. The summed E-state index contributed by atoms with van der Waals surface area (Å²) in [5, 5.41) is 13.6. The maximum atomic E-state index is 12.8. The Bertz CT molecular complexity index is 1030. The summed E-state index contributed by atoms with van der Waals surface area (Å²) in [4.78, 5) is 37.5. The van der Waals surface area contributed by atoms with Crippen molar-refractivity contribution in [3.8, 4) is 0 Å². The van der Waals surface area contributed by atoms with Gasteiger partial charge in [-0.15, -0.1) is 0 Å². The van der Waals surface area contributed by atoms with Gasteiger partial charge in [0.1, 0.15) is 5.82 Å². The van der Waals surface area contributed by atoms with Crippen molar-refractivity contribution < 1.29 is 27.9 Å². The second kappa shape index (κ2) is 11.3. The molecule has 1 amide bonds. The number of nitrogens with one attached hydrogen (secondary N) is 2. The van der Waals surface area contributed by atoms with Crippen LogP contribution in [0, 0.1) is 5.92 Å². The average molecular weight is 495 g/mol. The van der Waals surface area contributed by atoms with Crippen molar-refractivity contribution in [2.24, 2.45) is 5.92 Å². The first-order chi connectivity index (χ1) is 16.5. The normalized spacial score (nSPS) is 15.4. The van der Waals surface area contributed by atoms with Crippen LogP contribution in [-0.2, 0) is 17.6 Å². The van der Waals surface area contributed by atoms with Crippen molar-refractivity contribution in [2.45, 2.75) is 51.7 Å². The topological polar surface area (TPSA) is 120 Å². The third-order valence-corrected chi connectivity index (χ3v) is 5.46. The fraction of sp³-hybridized carbons (Fsp3) is 0.522. The lowest BCUT2D eigenvalue weighted by atomic mass is 10.0. The Morgan fingerprint density at radius 2 is 1.80 bits per heavy atom. The molecule has 1 aliphatic heterocycles. The second-order valence-electron chi connectivity index (χ2n) is 8.78. The minimum Gasteiger partial charge on any atom is -0.475 e. The number of aromatic nitrogens is 3. The number of amides is 1. The van der Waals surface area contributed by atoms with E-state index in [1.165, 1.54) is 12.8 Å². The Balaban J connectivity index is 0.000000429. The van der Waals surface area contributed by atoms with Gasteiger partial charge in [0.2, 0.25) is 5.95 Å². The molecule has 0 aromatic carbocycles. The predicted molar refractivity (Wildman–Crippen MR) is 123 cm³/mol. The van der Waals surface area contributed by atoms with E-state index in [9.17, 15) is 18.0 Å². The number of nitrogens with zero attached hydrogens (tertiary/aromatic N) is 4. The number of hydrogen-bond donors (Lipinski definition) is 3. The molecule has 3 heterocycles. The number of carbonyl (C=O) groups excluding carboxylic acids is 1. The van der Waals surface area contributed by atoms with Gasteiger partial charge in [-0.2, -0.15) is 13.2 Å². The van der Waals surface area contributed by atoms with E-state index in [-0.39, 0.29) is 11.9 Å². The van der Waals surface area contributed by atoms with Crippen molar-refractivity contribution >= 4 is 23.6 Å². The minimum absolute atomic E-state index is 0.0298. The molecular weight excluding hydrogens is 465 g/mol. The van der Waals surface area contributed by atoms with Gasteiger partial charge in [0.05, 0.1) is 5.56 Å². The lowest BCUT2D eigenvalue weighted by molar-refractivity contribution is -0.192. The highest BCUT2D eigenvalue weighted by molar-refractivity contribution is 5.99. The van der Waals surface area contributed by atoms with E-state index < -0.39 is 12.1 Å². The summed E-state index contributed by atoms with van der Waals surface area (Å²) < 4.78 is 31.7. The van der Waals surface area contributed by atoms with E-state index in [2.05, 4.69) is 39.3 Å². The number of fused-ring (bicyclic) bond motifs is 1. The summed E-state index contributed by atoms with van der Waals surface area (Å²) >= 11 is 0. The molecule has 0 unspecified atom stereocenters. The smallest absolute Gasteiger partial charge is 0.475 e. The molecule has 0 radical (unpaired) electrons. The monoisotopic (exact) mass is 494 g/mol. The lowest BCUT2D eigenvalue weighted by Gasteiger charge is -2.19. The van der Waals surface area contributed by atoms with Gasteiger partial charge in [-0.1, -0.05) is 0 Å². The zero-order valence-corrected chi connectivity index (χ0v) is 19.6. The summed E-state index contributed by atoms with van der Waals surface area (Å²) in [6, 6.07) is 4.07. The van der Waals surface area contributed by atoms with Crippen LogP contribution in [0.15, 0.2) is 24.5 Å². The van der Waals surface area contributed by atoms with Crippen LogP contribution in [-0.4, -0.2) is 63.8 Å². The van der Waals surface area contributed by atoms with Crippen LogP contribution in [0.3, 0.4) is 0 Å². The highest BCUT2D eigenvalue weighted by atomic mass is 19.4. The maximum Gasteiger partial charge on any atom is 0.490 e. The number of carboxylic acid groups (broad SMARTS) is 1. The molecule has 2 aromatic rings. The Hall–Kier alpha value is -3.44. The van der Waals surface area contributed by atoms with Gasteiger partial charge in [0.15, 0.2) is 0 Å². The lowest BCUT2D eigenvalue weighted by Crippen LogP contribution is -2.28. The number of pyridine rings is 1. The van der Waals surface area contributed by atoms with E-state index in [4.69, 9.17) is 14.9 Å². The second-order valence-corrected chi connectivity index (χ2v) is 8.78. The molecule has 35 heavy (non-hydrogen) atoms. The zero-order valence-electron chi connectivity index (χ0n) is 19.6. The highest BCUT2D eigenvalue weighted by Gasteiger charge is 2.38. The molecule has 12 heteroatoms. The Morgan fingerprint density at radius 3 is 2.37 bits per heavy atom. The van der Waals surface area contributed by atoms with Crippen molar-refractivity contribution in [3.63, 3.8) is 0 Å². The molecule has 3 N–H and O–H groups in total. The molecule has 4 rings (SSSR count). The maximum absolute atomic E-state index is 12.8. The Kier molecular flexibility index (Phi) is 8.47. The number of hydrogen-bond acceptors (Lipinski definition) is 7. The van der Waals surface area contributed by atoms with E-state index in [0.717, 1.165) is 49.7 Å². The first kappa shape index (κ1) is 26.2. The summed E-state index contributed by atoms with van der Waals surface area (Å²) in [6.07, 6.45) is 2.53. The van der Waals surface area contributed by atoms with E-state index >= 15 is 0 Å². The molecule has 0 atom stereocenters. The predicted octanol–water partition coefficient (Wildman–Crippen LogP) is 3.07. The standard InChI is InChI=1S/C21H28N6O.C2HF3O2/c1-14(2)25-19-17(20(28)24-13-15-4-5-15)12-16-6-10-27(11-7-18(16)26-19)21-22-8-3-9-23-21;3-2(4,5)1(6)7/h3,8-9,12,14-15H,4-7,10-11,13H2,1-2H3,(H,24,28)(H,25,26);(H,6,7). The average Bonchev–Trinajstić information content (AvgIpc) is 3.64. The molecule has 0 bridgehead atoms. The molecule has 2 aromatic heterocycles. The van der Waals surface area contributed by atoms with Crippen molar-refractivity contribution in [1.82, 2.24) is 20.3 Å². The van der Waals surface area contributed by atoms with E-state index in [1.54, 1.807) is 12.4 Å². The van der Waals surface area contributed by atoms with E-state index in [0.29, 0.717) is 17.3 Å². The van der Waals surface area contributed by atoms with Crippen molar-refractivity contribution in [2.75, 3.05) is 29.9 Å². The number of halogens is 3. The van der Waals surface area contributed by atoms with E-state index in [1.807, 2.05) is 12.1 Å². The van der Waals surface area contributed by atoms with Gasteiger partial charge >= 0.3 is 12.1 Å². The van der Waals surface area contributed by atoms with Gasteiger partial charge in [-0.3, -0.25) is 4.79 Å². The molecule has 1 fully saturated rings. The highest BCUT2D eigenvalue weighted by Crippen LogP contribution is 2.28. The molecule has 9 nitrogen and oxygen atoms in total. The van der Waals surface area contributed by atoms with Crippen LogP contribution in [0.25, 0.3) is 0 Å². The van der Waals surface area contributed by atoms with Crippen LogP contribution in [0.2, 0.25) is 0 Å². The van der Waals surface area contributed by atoms with Gasteiger partial charge in [0, 0.05) is 50.2 Å². The number of aliphatic carboxylic acids is 1. The Labute approximate surface area is 201 Å². The van der Waals surface area contributed by atoms with Gasteiger partial charge in [-0.25, -0.2) is 19.7 Å². The van der Waals surface area contributed by atoms with Gasteiger partial charge in [-0.05, 0) is 56.7 Å². The van der Waals surface area contributed by atoms with Crippen LogP contribution < -0.4 is 15.5 Å². The first-order valence-corrected chi connectivity index (χ1v) is 11.4. The molecule has 0 saturated heterocycles. The van der Waals surface area contributed by atoms with Crippen molar-refractivity contribution in [3.05, 3.63) is 41.3 Å². The summed E-state index contributed by atoms with van der Waals surface area (Å²) in [6.45, 7) is 6.52. The molecular formula is C23H29F3N6O3. The number of alkyl halides is 3. The Morgan fingerprint density at radius 1 is 1.17 bits per heavy atom. The van der Waals surface area contributed by atoms with Crippen LogP contribution in [0.5, 0.6) is 0 Å². The summed E-state index contributed by atoms with van der Waals surface area (Å²) in [7, 11) is 0. The molecule has 1 saturated carbocycles. The SMILES string of the molecule is CC(C)Nc1nc2c(cc1C(=O)NCC1CC1)CCN(c1ncccn1)CC2.O=C(O)C(F)(F)F. The third-order valence-electron chi connectivity index (χ3n) is 5.46. The molecule has 2 aliphatic rings. The fourth-order valence-corrected chi connectivity index (χ4v) is 3.50. The van der Waals surface area contributed by atoms with Crippen LogP contribution >= 0.6 is 0 Å². The molecule has 1 aliphatic carbocycles. The number of anilines is 2. The molecule has 190 valence electrons. The first-order valence-electron chi connectivity index (χ1n) is 11.4. The largest absolute Gasteiger partial charge is 0.490 e. The third kappa shape index (κ3) is 7.79. The molecule has 0 spiro atoms. The van der Waals surface area contributed by atoms with Gasteiger partial charge < -0.3 is 20.6 Å².